The SMILES string of the molecule is COCCOc1cccc(CNC(=O)c2ccccc2OC(F)F)c1. The van der Waals surface area contributed by atoms with E-state index in [0.29, 0.717) is 19.0 Å². The molecule has 1 amide bonds. The van der Waals surface area contributed by atoms with E-state index in [9.17, 15) is 13.6 Å². The van der Waals surface area contributed by atoms with E-state index in [2.05, 4.69) is 10.1 Å². The van der Waals surface area contributed by atoms with Crippen molar-refractivity contribution in [1.82, 2.24) is 5.32 Å². The van der Waals surface area contributed by atoms with Gasteiger partial charge in [-0.2, -0.15) is 8.78 Å². The summed E-state index contributed by atoms with van der Waals surface area (Å²) in [4.78, 5) is 12.2. The van der Waals surface area contributed by atoms with Crippen molar-refractivity contribution in [2.45, 2.75) is 13.2 Å². The smallest absolute Gasteiger partial charge is 0.387 e. The number of para-hydroxylation sites is 1. The van der Waals surface area contributed by atoms with Gasteiger partial charge in [-0.25, -0.2) is 0 Å². The maximum atomic E-state index is 12.4. The third kappa shape index (κ3) is 6.04. The Hall–Kier alpha value is -2.67. The van der Waals surface area contributed by atoms with Crippen LogP contribution in [0.2, 0.25) is 0 Å². The first-order chi connectivity index (χ1) is 12.1. The Labute approximate surface area is 144 Å². The van der Waals surface area contributed by atoms with Gasteiger partial charge in [0.2, 0.25) is 0 Å². The third-order valence-electron chi connectivity index (χ3n) is 3.26. The van der Waals surface area contributed by atoms with Gasteiger partial charge >= 0.3 is 6.61 Å². The summed E-state index contributed by atoms with van der Waals surface area (Å²) in [5.74, 6) is -0.00108. The van der Waals surface area contributed by atoms with Crippen molar-refractivity contribution in [2.75, 3.05) is 20.3 Å². The number of halogens is 2. The minimum atomic E-state index is -2.99. The third-order valence-corrected chi connectivity index (χ3v) is 3.26. The van der Waals surface area contributed by atoms with Crippen LogP contribution in [-0.4, -0.2) is 32.8 Å². The first kappa shape index (κ1) is 18.7. The standard InChI is InChI=1S/C18H19F2NO4/c1-23-9-10-24-14-6-4-5-13(11-14)12-21-17(22)15-7-2-3-8-16(15)25-18(19)20/h2-8,11,18H,9-10,12H2,1H3,(H,21,22). The molecular weight excluding hydrogens is 332 g/mol. The summed E-state index contributed by atoms with van der Waals surface area (Å²) in [5, 5.41) is 2.68. The minimum Gasteiger partial charge on any atom is -0.491 e. The predicted octanol–water partition coefficient (Wildman–Crippen LogP) is 3.24. The van der Waals surface area contributed by atoms with Gasteiger partial charge in [-0.1, -0.05) is 24.3 Å². The molecule has 2 aromatic carbocycles. The zero-order chi connectivity index (χ0) is 18.1. The number of carbonyl (C=O) groups is 1. The zero-order valence-electron chi connectivity index (χ0n) is 13.7. The highest BCUT2D eigenvalue weighted by atomic mass is 19.3. The number of methoxy groups -OCH3 is 1. The van der Waals surface area contributed by atoms with Crippen LogP contribution in [0.1, 0.15) is 15.9 Å². The maximum absolute atomic E-state index is 12.4. The Bertz CT molecular complexity index is 694. The fraction of sp³-hybridized carbons (Fsp3) is 0.278. The van der Waals surface area contributed by atoms with E-state index in [0.717, 1.165) is 5.56 Å². The van der Waals surface area contributed by atoms with Gasteiger partial charge in [-0.15, -0.1) is 0 Å². The topological polar surface area (TPSA) is 56.8 Å². The lowest BCUT2D eigenvalue weighted by molar-refractivity contribution is -0.0501. The van der Waals surface area contributed by atoms with E-state index < -0.39 is 12.5 Å². The number of ether oxygens (including phenoxy) is 3. The quantitative estimate of drug-likeness (QED) is 0.705. The molecule has 5 nitrogen and oxygen atoms in total. The van der Waals surface area contributed by atoms with Crippen LogP contribution in [0.25, 0.3) is 0 Å². The Kier molecular flexibility index (Phi) is 7.16. The molecular formula is C18H19F2NO4. The van der Waals surface area contributed by atoms with Crippen LogP contribution < -0.4 is 14.8 Å². The first-order valence-corrected chi connectivity index (χ1v) is 7.63. The van der Waals surface area contributed by atoms with Gasteiger partial charge in [0.05, 0.1) is 12.2 Å². The Balaban J connectivity index is 1.97. The number of carbonyl (C=O) groups excluding carboxylic acids is 1. The second-order valence-electron chi connectivity index (χ2n) is 5.05. The largest absolute Gasteiger partial charge is 0.491 e. The van der Waals surface area contributed by atoms with Crippen LogP contribution in [-0.2, 0) is 11.3 Å². The molecule has 0 fully saturated rings. The molecule has 0 aliphatic heterocycles. The molecule has 0 saturated heterocycles. The molecule has 25 heavy (non-hydrogen) atoms. The van der Waals surface area contributed by atoms with Crippen molar-refractivity contribution in [1.29, 1.82) is 0 Å². The normalized spacial score (nSPS) is 10.6. The van der Waals surface area contributed by atoms with Crippen molar-refractivity contribution in [2.24, 2.45) is 0 Å². The average molecular weight is 351 g/mol. The van der Waals surface area contributed by atoms with E-state index >= 15 is 0 Å². The molecule has 0 radical (unpaired) electrons. The predicted molar refractivity (Wildman–Crippen MR) is 88.1 cm³/mol. The molecule has 0 atom stereocenters. The lowest BCUT2D eigenvalue weighted by Gasteiger charge is -2.11. The molecule has 0 bridgehead atoms. The van der Waals surface area contributed by atoms with Gasteiger partial charge in [0, 0.05) is 13.7 Å². The van der Waals surface area contributed by atoms with E-state index in [1.165, 1.54) is 18.2 Å². The number of amides is 1. The molecule has 0 aliphatic rings. The number of benzene rings is 2. The minimum absolute atomic E-state index is 0.0512. The lowest BCUT2D eigenvalue weighted by Crippen LogP contribution is -2.23. The molecule has 7 heteroatoms. The number of alkyl halides is 2. The monoisotopic (exact) mass is 351 g/mol. The van der Waals surface area contributed by atoms with E-state index in [1.54, 1.807) is 31.4 Å². The van der Waals surface area contributed by atoms with Crippen LogP contribution in [0.5, 0.6) is 11.5 Å². The van der Waals surface area contributed by atoms with Crippen molar-refractivity contribution < 1.29 is 27.8 Å². The summed E-state index contributed by atoms with van der Waals surface area (Å²) in [5.41, 5.74) is 0.867. The molecule has 2 aromatic rings. The summed E-state index contributed by atoms with van der Waals surface area (Å²) in [6, 6.07) is 13.1. The van der Waals surface area contributed by atoms with E-state index in [4.69, 9.17) is 9.47 Å². The summed E-state index contributed by atoms with van der Waals surface area (Å²) >= 11 is 0. The van der Waals surface area contributed by atoms with Crippen molar-refractivity contribution in [3.05, 3.63) is 59.7 Å². The molecule has 2 rings (SSSR count). The fourth-order valence-electron chi connectivity index (χ4n) is 2.12. The Morgan fingerprint density at radius 2 is 1.92 bits per heavy atom. The molecule has 0 unspecified atom stereocenters. The highest BCUT2D eigenvalue weighted by molar-refractivity contribution is 5.96. The van der Waals surface area contributed by atoms with Crippen LogP contribution in [0.4, 0.5) is 8.78 Å². The molecule has 0 spiro atoms. The number of nitrogens with one attached hydrogen (secondary N) is 1. The average Bonchev–Trinajstić information content (AvgIpc) is 2.60. The Morgan fingerprint density at radius 3 is 2.68 bits per heavy atom. The molecule has 0 heterocycles. The summed E-state index contributed by atoms with van der Waals surface area (Å²) in [6.45, 7) is -1.87. The molecule has 134 valence electrons. The van der Waals surface area contributed by atoms with E-state index in [-0.39, 0.29) is 17.9 Å². The van der Waals surface area contributed by atoms with Crippen molar-refractivity contribution >= 4 is 5.91 Å². The summed E-state index contributed by atoms with van der Waals surface area (Å²) < 4.78 is 39.6. The summed E-state index contributed by atoms with van der Waals surface area (Å²) in [6.07, 6.45) is 0. The highest BCUT2D eigenvalue weighted by Crippen LogP contribution is 2.20. The van der Waals surface area contributed by atoms with Crippen LogP contribution in [0, 0.1) is 0 Å². The van der Waals surface area contributed by atoms with Crippen LogP contribution in [0.15, 0.2) is 48.5 Å². The highest BCUT2D eigenvalue weighted by Gasteiger charge is 2.15. The molecule has 0 aromatic heterocycles. The maximum Gasteiger partial charge on any atom is 0.387 e. The van der Waals surface area contributed by atoms with Gasteiger partial charge in [0.25, 0.3) is 5.91 Å². The van der Waals surface area contributed by atoms with Crippen molar-refractivity contribution in [3.63, 3.8) is 0 Å². The first-order valence-electron chi connectivity index (χ1n) is 7.63. The van der Waals surface area contributed by atoms with Gasteiger partial charge in [-0.3, -0.25) is 4.79 Å². The molecule has 0 aliphatic carbocycles. The van der Waals surface area contributed by atoms with Crippen LogP contribution in [0.3, 0.4) is 0 Å². The van der Waals surface area contributed by atoms with Gasteiger partial charge < -0.3 is 19.5 Å². The van der Waals surface area contributed by atoms with Gasteiger partial charge in [-0.05, 0) is 29.8 Å². The molecule has 1 N–H and O–H groups in total. The van der Waals surface area contributed by atoms with Crippen LogP contribution >= 0.6 is 0 Å². The summed E-state index contributed by atoms with van der Waals surface area (Å²) in [7, 11) is 1.59. The fourth-order valence-corrected chi connectivity index (χ4v) is 2.12. The molecule has 0 saturated carbocycles. The van der Waals surface area contributed by atoms with Crippen molar-refractivity contribution in [3.8, 4) is 11.5 Å². The number of rotatable bonds is 9. The second-order valence-corrected chi connectivity index (χ2v) is 5.05. The second kappa shape index (κ2) is 9.58. The van der Waals surface area contributed by atoms with E-state index in [1.807, 2.05) is 6.07 Å². The van der Waals surface area contributed by atoms with Gasteiger partial charge in [0.1, 0.15) is 18.1 Å². The number of hydrogen-bond donors (Lipinski definition) is 1. The lowest BCUT2D eigenvalue weighted by atomic mass is 10.1. The number of hydrogen-bond acceptors (Lipinski definition) is 4. The Morgan fingerprint density at radius 1 is 1.12 bits per heavy atom. The van der Waals surface area contributed by atoms with Gasteiger partial charge in [0.15, 0.2) is 0 Å². The zero-order valence-corrected chi connectivity index (χ0v) is 13.7.